The monoisotopic (exact) mass is 371 g/mol. The van der Waals surface area contributed by atoms with Crippen molar-refractivity contribution in [2.45, 2.75) is 77.3 Å². The maximum Gasteiger partial charge on any atom is 0.330 e. The third kappa shape index (κ3) is 6.80. The fraction of sp³-hybridized carbons (Fsp3) is 0.625. The molecule has 1 aliphatic rings. The van der Waals surface area contributed by atoms with Crippen LogP contribution < -0.4 is 0 Å². The molecule has 1 fully saturated rings. The van der Waals surface area contributed by atoms with Crippen LogP contribution in [0.2, 0.25) is 0 Å². The van der Waals surface area contributed by atoms with E-state index in [4.69, 9.17) is 4.74 Å². The largest absolute Gasteiger partial charge is 0.463 e. The summed E-state index contributed by atoms with van der Waals surface area (Å²) >= 11 is 0. The lowest BCUT2D eigenvalue weighted by atomic mass is 9.99. The summed E-state index contributed by atoms with van der Waals surface area (Å²) in [6.45, 7) is 5.59. The lowest BCUT2D eigenvalue weighted by Crippen LogP contribution is -2.35. The minimum atomic E-state index is -0.222. The van der Waals surface area contributed by atoms with Gasteiger partial charge >= 0.3 is 5.97 Å². The Balaban J connectivity index is 1.83. The van der Waals surface area contributed by atoms with Gasteiger partial charge < -0.3 is 4.74 Å². The Hall–Kier alpha value is -1.61. The second-order valence-electron chi connectivity index (χ2n) is 7.89. The summed E-state index contributed by atoms with van der Waals surface area (Å²) < 4.78 is 4.93. The van der Waals surface area contributed by atoms with Gasteiger partial charge in [0, 0.05) is 18.2 Å². The molecule has 0 radical (unpaired) electrons. The molecule has 0 aliphatic heterocycles. The van der Waals surface area contributed by atoms with Crippen LogP contribution in [0.4, 0.5) is 0 Å². The Bertz CT molecular complexity index is 583. The van der Waals surface area contributed by atoms with Crippen LogP contribution in [0.15, 0.2) is 42.5 Å². The van der Waals surface area contributed by atoms with Gasteiger partial charge in [0.1, 0.15) is 0 Å². The Morgan fingerprint density at radius 2 is 2.00 bits per heavy atom. The van der Waals surface area contributed by atoms with Gasteiger partial charge in [0.2, 0.25) is 0 Å². The van der Waals surface area contributed by atoms with E-state index >= 15 is 0 Å². The van der Waals surface area contributed by atoms with Crippen LogP contribution in [0.3, 0.4) is 0 Å². The molecule has 0 heterocycles. The van der Waals surface area contributed by atoms with E-state index in [9.17, 15) is 4.79 Å². The van der Waals surface area contributed by atoms with E-state index in [0.29, 0.717) is 12.1 Å². The lowest BCUT2D eigenvalue weighted by Gasteiger charge is -2.30. The molecule has 1 aromatic rings. The van der Waals surface area contributed by atoms with E-state index in [2.05, 4.69) is 49.2 Å². The minimum Gasteiger partial charge on any atom is -0.463 e. The third-order valence-electron chi connectivity index (χ3n) is 5.90. The second kappa shape index (κ2) is 11.3. The smallest absolute Gasteiger partial charge is 0.330 e. The van der Waals surface area contributed by atoms with Gasteiger partial charge in [-0.1, -0.05) is 62.6 Å². The molecule has 0 unspecified atom stereocenters. The molecule has 3 heteroatoms. The number of esters is 1. The van der Waals surface area contributed by atoms with Crippen molar-refractivity contribution in [3.8, 4) is 0 Å². The average molecular weight is 372 g/mol. The van der Waals surface area contributed by atoms with Crippen LogP contribution in [0, 0.1) is 5.92 Å². The van der Waals surface area contributed by atoms with Crippen LogP contribution in [0.1, 0.15) is 70.8 Å². The van der Waals surface area contributed by atoms with Crippen molar-refractivity contribution in [2.75, 3.05) is 13.7 Å². The van der Waals surface area contributed by atoms with Crippen LogP contribution in [0.5, 0.6) is 0 Å². The summed E-state index contributed by atoms with van der Waals surface area (Å²) in [5, 5.41) is 0. The van der Waals surface area contributed by atoms with Gasteiger partial charge in [-0.15, -0.1) is 0 Å². The van der Waals surface area contributed by atoms with Gasteiger partial charge in [-0.05, 0) is 57.6 Å². The molecule has 2 atom stereocenters. The first-order valence-electron chi connectivity index (χ1n) is 10.7. The molecule has 0 saturated heterocycles. The van der Waals surface area contributed by atoms with E-state index in [1.54, 1.807) is 6.08 Å². The average Bonchev–Trinajstić information content (AvgIpc) is 3.37. The zero-order chi connectivity index (χ0) is 19.5. The van der Waals surface area contributed by atoms with Gasteiger partial charge in [-0.3, -0.25) is 4.90 Å². The van der Waals surface area contributed by atoms with E-state index in [0.717, 1.165) is 25.3 Å². The SMILES string of the molecule is CCCCC[C@@]1(N(C)Cc2ccccc2)C[C@@H]1CCC/C=C/C(=O)OCC. The van der Waals surface area contributed by atoms with E-state index < -0.39 is 0 Å². The Morgan fingerprint density at radius 3 is 2.70 bits per heavy atom. The highest BCUT2D eigenvalue weighted by molar-refractivity contribution is 5.81. The van der Waals surface area contributed by atoms with E-state index in [1.165, 1.54) is 44.1 Å². The summed E-state index contributed by atoms with van der Waals surface area (Å²) in [6.07, 6.45) is 13.5. The molecular formula is C24H37NO2. The van der Waals surface area contributed by atoms with Crippen molar-refractivity contribution in [1.82, 2.24) is 4.90 Å². The lowest BCUT2D eigenvalue weighted by molar-refractivity contribution is -0.137. The summed E-state index contributed by atoms with van der Waals surface area (Å²) in [7, 11) is 2.31. The standard InChI is InChI=1S/C24H37NO2/c1-4-6-13-18-24(25(3)20-21-14-9-7-10-15-21)19-22(24)16-11-8-12-17-23(26)27-5-2/h7,9-10,12,14-15,17,22H,4-6,8,11,13,16,18-20H2,1-3H3/b17-12+/t22-,24+/m0/s1. The van der Waals surface area contributed by atoms with Gasteiger partial charge in [-0.25, -0.2) is 4.79 Å². The first kappa shape index (κ1) is 21.7. The first-order chi connectivity index (χ1) is 13.1. The van der Waals surface area contributed by atoms with E-state index in [-0.39, 0.29) is 5.97 Å². The molecule has 27 heavy (non-hydrogen) atoms. The maximum absolute atomic E-state index is 11.3. The van der Waals surface area contributed by atoms with Crippen LogP contribution >= 0.6 is 0 Å². The Morgan fingerprint density at radius 1 is 1.22 bits per heavy atom. The molecular weight excluding hydrogens is 334 g/mol. The number of hydrogen-bond acceptors (Lipinski definition) is 3. The van der Waals surface area contributed by atoms with Crippen molar-refractivity contribution in [1.29, 1.82) is 0 Å². The maximum atomic E-state index is 11.3. The predicted molar refractivity (Wildman–Crippen MR) is 113 cm³/mol. The number of allylic oxidation sites excluding steroid dienone is 1. The topological polar surface area (TPSA) is 29.5 Å². The number of nitrogens with zero attached hydrogens (tertiary/aromatic N) is 1. The quantitative estimate of drug-likeness (QED) is 0.251. The molecule has 0 spiro atoms. The highest BCUT2D eigenvalue weighted by Gasteiger charge is 2.55. The van der Waals surface area contributed by atoms with Crippen LogP contribution in [0.25, 0.3) is 0 Å². The number of hydrogen-bond donors (Lipinski definition) is 0. The molecule has 0 amide bonds. The Labute approximate surface area is 165 Å². The van der Waals surface area contributed by atoms with Crippen LogP contribution in [-0.4, -0.2) is 30.1 Å². The number of benzene rings is 1. The Kier molecular flexibility index (Phi) is 9.06. The molecule has 1 saturated carbocycles. The predicted octanol–water partition coefficient (Wildman–Crippen LogP) is 5.75. The van der Waals surface area contributed by atoms with Crippen molar-refractivity contribution in [3.05, 3.63) is 48.0 Å². The van der Waals surface area contributed by atoms with Crippen molar-refractivity contribution < 1.29 is 9.53 Å². The number of carbonyl (C=O) groups excluding carboxylic acids is 1. The highest BCUT2D eigenvalue weighted by atomic mass is 16.5. The summed E-state index contributed by atoms with van der Waals surface area (Å²) in [5.41, 5.74) is 1.79. The number of carbonyl (C=O) groups is 1. The molecule has 3 nitrogen and oxygen atoms in total. The summed E-state index contributed by atoms with van der Waals surface area (Å²) in [6, 6.07) is 10.8. The molecule has 1 aliphatic carbocycles. The van der Waals surface area contributed by atoms with Crippen molar-refractivity contribution in [2.24, 2.45) is 5.92 Å². The summed E-state index contributed by atoms with van der Waals surface area (Å²) in [5.74, 6) is 0.569. The molecule has 150 valence electrons. The van der Waals surface area contributed by atoms with Gasteiger partial charge in [-0.2, -0.15) is 0 Å². The van der Waals surface area contributed by atoms with Crippen molar-refractivity contribution in [3.63, 3.8) is 0 Å². The number of rotatable bonds is 13. The zero-order valence-electron chi connectivity index (χ0n) is 17.5. The van der Waals surface area contributed by atoms with Gasteiger partial charge in [0.15, 0.2) is 0 Å². The molecule has 1 aromatic carbocycles. The summed E-state index contributed by atoms with van der Waals surface area (Å²) in [4.78, 5) is 14.0. The second-order valence-corrected chi connectivity index (χ2v) is 7.89. The fourth-order valence-corrected chi connectivity index (χ4v) is 4.25. The number of ether oxygens (including phenoxy) is 1. The number of unbranched alkanes of at least 4 members (excludes halogenated alkanes) is 3. The first-order valence-corrected chi connectivity index (χ1v) is 10.7. The van der Waals surface area contributed by atoms with Crippen molar-refractivity contribution >= 4 is 5.97 Å². The molecule has 2 rings (SSSR count). The molecule has 0 bridgehead atoms. The van der Waals surface area contributed by atoms with Crippen LogP contribution in [-0.2, 0) is 16.1 Å². The third-order valence-corrected chi connectivity index (χ3v) is 5.90. The zero-order valence-corrected chi connectivity index (χ0v) is 17.5. The highest BCUT2D eigenvalue weighted by Crippen LogP contribution is 2.54. The van der Waals surface area contributed by atoms with Gasteiger partial charge in [0.05, 0.1) is 6.61 Å². The van der Waals surface area contributed by atoms with E-state index in [1.807, 2.05) is 13.0 Å². The molecule has 0 aromatic heterocycles. The minimum absolute atomic E-state index is 0.222. The fourth-order valence-electron chi connectivity index (χ4n) is 4.25. The molecule has 0 N–H and O–H groups in total. The normalized spacial score (nSPS) is 21.7. The van der Waals surface area contributed by atoms with Gasteiger partial charge in [0.25, 0.3) is 0 Å².